The Bertz CT molecular complexity index is 1940. The van der Waals surface area contributed by atoms with Crippen LogP contribution in [0.1, 0.15) is 10.5 Å². The van der Waals surface area contributed by atoms with Crippen LogP contribution in [0, 0.1) is 0 Å². The Hall–Kier alpha value is -4.24. The maximum atomic E-state index is 13.3. The summed E-state index contributed by atoms with van der Waals surface area (Å²) < 4.78 is 53.1. The first-order chi connectivity index (χ1) is 19.9. The third kappa shape index (κ3) is 6.31. The highest BCUT2D eigenvalue weighted by atomic mass is 32.2. The summed E-state index contributed by atoms with van der Waals surface area (Å²) in [5, 5.41) is 9.98. The molecule has 14 heteroatoms. The zero-order valence-corrected chi connectivity index (χ0v) is 24.4. The Morgan fingerprint density at radius 2 is 1.71 bits per heavy atom. The van der Waals surface area contributed by atoms with Gasteiger partial charge in [-0.15, -0.1) is 0 Å². The molecule has 218 valence electrons. The van der Waals surface area contributed by atoms with Crippen LogP contribution in [0.3, 0.4) is 0 Å². The predicted octanol–water partition coefficient (Wildman–Crippen LogP) is 2.17. The summed E-state index contributed by atoms with van der Waals surface area (Å²) in [5.74, 6) is -0.0874. The van der Waals surface area contributed by atoms with Crippen LogP contribution in [0.15, 0.2) is 71.2 Å². The standard InChI is InChI=1S/C28H28N6O6S2/c1-40-25-6-4-19(16-26(25)42(29,38)39)22-17-31-9-7-20(22)18-3-5-23-21(15-18)27(24(35)8-14-41(2,36)37)33-28(32-23)34-12-10-30-11-13-34/h3-9,14-17,30H,10-13H2,1-2H3,(H2,29,38,39). The number of nitrogens with one attached hydrogen (secondary N) is 1. The lowest BCUT2D eigenvalue weighted by atomic mass is 9.95. The molecule has 3 N–H and O–H groups in total. The van der Waals surface area contributed by atoms with E-state index in [1.165, 1.54) is 19.2 Å². The molecular weight excluding hydrogens is 580 g/mol. The normalized spacial score (nSPS) is 14.4. The topological polar surface area (TPSA) is 175 Å². The number of hydrogen-bond acceptors (Lipinski definition) is 11. The van der Waals surface area contributed by atoms with E-state index in [2.05, 4.69) is 15.3 Å². The number of aromatic nitrogens is 3. The first kappa shape index (κ1) is 29.3. The third-order valence-corrected chi connectivity index (χ3v) is 8.26. The van der Waals surface area contributed by atoms with Gasteiger partial charge in [0.2, 0.25) is 21.8 Å². The Kier molecular flexibility index (Phi) is 8.06. The van der Waals surface area contributed by atoms with Crippen LogP contribution in [0.2, 0.25) is 0 Å². The van der Waals surface area contributed by atoms with Gasteiger partial charge in [0.15, 0.2) is 9.84 Å². The number of ketones is 1. The summed E-state index contributed by atoms with van der Waals surface area (Å²) in [7, 11) is -6.28. The monoisotopic (exact) mass is 608 g/mol. The fourth-order valence-corrected chi connectivity index (χ4v) is 5.78. The molecule has 0 spiro atoms. The van der Waals surface area contributed by atoms with Crippen LogP contribution in [0.25, 0.3) is 33.2 Å². The number of pyridine rings is 1. The molecule has 1 aliphatic heterocycles. The van der Waals surface area contributed by atoms with Crippen LogP contribution in [-0.4, -0.2) is 77.1 Å². The number of nitrogens with zero attached hydrogens (tertiary/aromatic N) is 4. The highest BCUT2D eigenvalue weighted by Gasteiger charge is 2.21. The molecule has 0 saturated carbocycles. The number of allylic oxidation sites excluding steroid dienone is 1. The number of sulfone groups is 1. The molecule has 3 heterocycles. The number of fused-ring (bicyclic) bond motifs is 1. The van der Waals surface area contributed by atoms with Crippen molar-refractivity contribution >= 4 is 42.5 Å². The number of ether oxygens (including phenoxy) is 1. The quantitative estimate of drug-likeness (QED) is 0.222. The molecular formula is C28H28N6O6S2. The highest BCUT2D eigenvalue weighted by molar-refractivity contribution is 7.93. The molecule has 1 aliphatic rings. The van der Waals surface area contributed by atoms with Crippen molar-refractivity contribution in [2.45, 2.75) is 4.90 Å². The van der Waals surface area contributed by atoms with Crippen LogP contribution in [0.5, 0.6) is 5.75 Å². The average molecular weight is 609 g/mol. The molecule has 0 atom stereocenters. The zero-order chi connectivity index (χ0) is 30.1. The predicted molar refractivity (Wildman–Crippen MR) is 160 cm³/mol. The van der Waals surface area contributed by atoms with Crippen LogP contribution in [0.4, 0.5) is 5.95 Å². The number of carbonyl (C=O) groups excluding carboxylic acids is 1. The van der Waals surface area contributed by atoms with Crippen molar-refractivity contribution in [2.24, 2.45) is 5.14 Å². The number of piperazine rings is 1. The van der Waals surface area contributed by atoms with Gasteiger partial charge in [0.25, 0.3) is 0 Å². The molecule has 4 aromatic rings. The molecule has 0 unspecified atom stereocenters. The van der Waals surface area contributed by atoms with Gasteiger partial charge < -0.3 is 15.0 Å². The van der Waals surface area contributed by atoms with E-state index >= 15 is 0 Å². The zero-order valence-electron chi connectivity index (χ0n) is 22.8. The number of sulfonamides is 1. The Morgan fingerprint density at radius 3 is 2.40 bits per heavy atom. The number of primary sulfonamides is 1. The SMILES string of the molecule is COc1ccc(-c2cnccc2-c2ccc3nc(N4CCNCC4)nc(C(=O)C=CS(C)(=O)=O)c3c2)cc1S(N)(=O)=O. The number of anilines is 1. The number of methoxy groups -OCH3 is 1. The van der Waals surface area contributed by atoms with Gasteiger partial charge in [-0.1, -0.05) is 12.1 Å². The minimum Gasteiger partial charge on any atom is -0.495 e. The van der Waals surface area contributed by atoms with E-state index in [9.17, 15) is 21.6 Å². The van der Waals surface area contributed by atoms with E-state index in [1.807, 2.05) is 11.0 Å². The van der Waals surface area contributed by atoms with Crippen molar-refractivity contribution in [1.82, 2.24) is 20.3 Å². The number of hydrogen-bond donors (Lipinski definition) is 2. The Morgan fingerprint density at radius 1 is 1.00 bits per heavy atom. The summed E-state index contributed by atoms with van der Waals surface area (Å²) >= 11 is 0. The first-order valence-electron chi connectivity index (χ1n) is 12.8. The molecule has 2 aromatic heterocycles. The number of carbonyl (C=O) groups is 1. The van der Waals surface area contributed by atoms with E-state index in [4.69, 9.17) is 14.9 Å². The van der Waals surface area contributed by atoms with Crippen molar-refractivity contribution in [3.8, 4) is 28.0 Å². The molecule has 42 heavy (non-hydrogen) atoms. The minimum absolute atomic E-state index is 0.0619. The maximum absolute atomic E-state index is 13.3. The van der Waals surface area contributed by atoms with E-state index in [1.54, 1.807) is 36.7 Å². The Balaban J connectivity index is 1.68. The largest absolute Gasteiger partial charge is 0.495 e. The molecule has 1 saturated heterocycles. The van der Waals surface area contributed by atoms with Crippen molar-refractivity contribution in [2.75, 3.05) is 44.4 Å². The van der Waals surface area contributed by atoms with Crippen molar-refractivity contribution < 1.29 is 26.4 Å². The second-order valence-corrected chi connectivity index (χ2v) is 13.1. The van der Waals surface area contributed by atoms with E-state index in [0.717, 1.165) is 30.8 Å². The van der Waals surface area contributed by atoms with E-state index in [-0.39, 0.29) is 16.3 Å². The van der Waals surface area contributed by atoms with Gasteiger partial charge in [-0.3, -0.25) is 9.78 Å². The highest BCUT2D eigenvalue weighted by Crippen LogP contribution is 2.36. The lowest BCUT2D eigenvalue weighted by Gasteiger charge is -2.27. The molecule has 12 nitrogen and oxygen atoms in total. The van der Waals surface area contributed by atoms with Crippen molar-refractivity contribution in [3.63, 3.8) is 0 Å². The lowest BCUT2D eigenvalue weighted by molar-refractivity contribution is 0.104. The van der Waals surface area contributed by atoms with Crippen molar-refractivity contribution in [1.29, 1.82) is 0 Å². The minimum atomic E-state index is -4.08. The molecule has 5 rings (SSSR count). The van der Waals surface area contributed by atoms with Crippen LogP contribution >= 0.6 is 0 Å². The van der Waals surface area contributed by atoms with E-state index < -0.39 is 25.6 Å². The average Bonchev–Trinajstić information content (AvgIpc) is 2.98. The second-order valence-electron chi connectivity index (χ2n) is 9.67. The molecule has 1 fully saturated rings. The summed E-state index contributed by atoms with van der Waals surface area (Å²) in [4.78, 5) is 28.6. The molecule has 0 amide bonds. The van der Waals surface area contributed by atoms with Gasteiger partial charge in [0.1, 0.15) is 16.3 Å². The van der Waals surface area contributed by atoms with Gasteiger partial charge in [0.05, 0.1) is 12.6 Å². The van der Waals surface area contributed by atoms with Gasteiger partial charge in [-0.2, -0.15) is 0 Å². The van der Waals surface area contributed by atoms with Crippen LogP contribution < -0.4 is 20.1 Å². The Labute approximate surface area is 243 Å². The summed E-state index contributed by atoms with van der Waals surface area (Å²) in [6.07, 6.45) is 5.19. The van der Waals surface area contributed by atoms with Gasteiger partial charge in [-0.25, -0.2) is 31.9 Å². The van der Waals surface area contributed by atoms with Gasteiger partial charge in [-0.05, 0) is 53.1 Å². The second kappa shape index (κ2) is 11.6. The first-order valence-corrected chi connectivity index (χ1v) is 16.3. The molecule has 0 aliphatic carbocycles. The number of benzene rings is 2. The maximum Gasteiger partial charge on any atom is 0.241 e. The molecule has 2 aromatic carbocycles. The van der Waals surface area contributed by atoms with Crippen molar-refractivity contribution in [3.05, 3.63) is 72.0 Å². The summed E-state index contributed by atoms with van der Waals surface area (Å²) in [5.41, 5.74) is 3.07. The van der Waals surface area contributed by atoms with Crippen LogP contribution in [-0.2, 0) is 19.9 Å². The molecule has 0 bridgehead atoms. The number of nitrogens with two attached hydrogens (primary N) is 1. The van der Waals surface area contributed by atoms with E-state index in [0.29, 0.717) is 52.2 Å². The van der Waals surface area contributed by atoms with Gasteiger partial charge in [0, 0.05) is 61.2 Å². The molecule has 0 radical (unpaired) electrons. The smallest absolute Gasteiger partial charge is 0.241 e. The number of rotatable bonds is 8. The third-order valence-electron chi connectivity index (χ3n) is 6.70. The van der Waals surface area contributed by atoms with Gasteiger partial charge >= 0.3 is 0 Å². The summed E-state index contributed by atoms with van der Waals surface area (Å²) in [6.45, 7) is 2.78. The fraction of sp³-hybridized carbons (Fsp3) is 0.214. The lowest BCUT2D eigenvalue weighted by Crippen LogP contribution is -2.44. The fourth-order valence-electron chi connectivity index (χ4n) is 4.68. The summed E-state index contributed by atoms with van der Waals surface area (Å²) in [6, 6.07) is 11.7.